The first kappa shape index (κ1) is 24.9. The van der Waals surface area contributed by atoms with Crippen LogP contribution in [-0.2, 0) is 11.3 Å². The average Bonchev–Trinajstić information content (AvgIpc) is 2.54. The third-order valence-corrected chi connectivity index (χ3v) is 4.36. The van der Waals surface area contributed by atoms with Gasteiger partial charge in [0.1, 0.15) is 11.6 Å². The predicted octanol–water partition coefficient (Wildman–Crippen LogP) is 2.70. The molecule has 0 aromatic heterocycles. The number of methoxy groups -OCH3 is 1. The molecule has 26 heavy (non-hydrogen) atoms. The molecular formula is C18H30Cl2FN3O2. The summed E-state index contributed by atoms with van der Waals surface area (Å²) < 4.78 is 18.8. The lowest BCUT2D eigenvalue weighted by molar-refractivity contribution is -0.134. The number of nitrogens with zero attached hydrogens (tertiary/aromatic N) is 2. The van der Waals surface area contributed by atoms with Gasteiger partial charge in [-0.3, -0.25) is 9.69 Å². The summed E-state index contributed by atoms with van der Waals surface area (Å²) in [6.07, 6.45) is 0.708. The molecule has 0 unspecified atom stereocenters. The minimum absolute atomic E-state index is 0. The van der Waals surface area contributed by atoms with Crippen molar-refractivity contribution in [1.82, 2.24) is 9.80 Å². The maximum Gasteiger partial charge on any atom is 0.239 e. The van der Waals surface area contributed by atoms with E-state index in [1.165, 1.54) is 12.1 Å². The third kappa shape index (κ3) is 6.91. The number of hydrogen-bond acceptors (Lipinski definition) is 4. The van der Waals surface area contributed by atoms with Crippen LogP contribution in [0.1, 0.15) is 25.8 Å². The van der Waals surface area contributed by atoms with Crippen LogP contribution < -0.4 is 10.5 Å². The molecule has 1 amide bonds. The zero-order chi connectivity index (χ0) is 17.7. The molecule has 1 aliphatic rings. The molecule has 150 valence electrons. The molecule has 1 aromatic rings. The summed E-state index contributed by atoms with van der Waals surface area (Å²) in [5.74, 6) is 0.866. The summed E-state index contributed by atoms with van der Waals surface area (Å²) in [6, 6.07) is 4.14. The van der Waals surface area contributed by atoms with Crippen molar-refractivity contribution >= 4 is 30.7 Å². The molecule has 1 heterocycles. The number of benzene rings is 1. The third-order valence-electron chi connectivity index (χ3n) is 4.36. The second-order valence-electron chi connectivity index (χ2n) is 6.79. The summed E-state index contributed by atoms with van der Waals surface area (Å²) >= 11 is 0. The number of hydrogen-bond donors (Lipinski definition) is 1. The summed E-state index contributed by atoms with van der Waals surface area (Å²) in [5, 5.41) is 0. The summed E-state index contributed by atoms with van der Waals surface area (Å²) in [7, 11) is 1.59. The Hall–Kier alpha value is -1.08. The van der Waals surface area contributed by atoms with Gasteiger partial charge in [-0.2, -0.15) is 0 Å². The van der Waals surface area contributed by atoms with Crippen molar-refractivity contribution in [3.63, 3.8) is 0 Å². The van der Waals surface area contributed by atoms with E-state index in [0.29, 0.717) is 37.7 Å². The molecule has 2 rings (SSSR count). The first-order valence-electron chi connectivity index (χ1n) is 8.50. The number of carbonyl (C=O) groups excluding carboxylic acids is 1. The highest BCUT2D eigenvalue weighted by molar-refractivity contribution is 5.85. The largest absolute Gasteiger partial charge is 0.496 e. The topological polar surface area (TPSA) is 58.8 Å². The van der Waals surface area contributed by atoms with Crippen molar-refractivity contribution in [1.29, 1.82) is 0 Å². The Morgan fingerprint density at radius 1 is 1.23 bits per heavy atom. The van der Waals surface area contributed by atoms with Crippen LogP contribution in [0, 0.1) is 11.7 Å². The Morgan fingerprint density at radius 3 is 2.38 bits per heavy atom. The van der Waals surface area contributed by atoms with Crippen molar-refractivity contribution in [3.8, 4) is 5.75 Å². The summed E-state index contributed by atoms with van der Waals surface area (Å²) in [5.41, 5.74) is 6.83. The van der Waals surface area contributed by atoms with E-state index in [4.69, 9.17) is 10.5 Å². The lowest BCUT2D eigenvalue weighted by Gasteiger charge is -2.36. The number of amides is 1. The van der Waals surface area contributed by atoms with Crippen molar-refractivity contribution < 1.29 is 13.9 Å². The van der Waals surface area contributed by atoms with Gasteiger partial charge in [-0.25, -0.2) is 4.39 Å². The lowest BCUT2D eigenvalue weighted by Crippen LogP contribution is -2.53. The van der Waals surface area contributed by atoms with Crippen molar-refractivity contribution in [2.24, 2.45) is 11.7 Å². The number of carbonyl (C=O) groups is 1. The zero-order valence-electron chi connectivity index (χ0n) is 15.6. The Labute approximate surface area is 167 Å². The first-order chi connectivity index (χ1) is 11.4. The van der Waals surface area contributed by atoms with Crippen LogP contribution >= 0.6 is 24.8 Å². The molecule has 1 saturated heterocycles. The minimum Gasteiger partial charge on any atom is -0.496 e. The van der Waals surface area contributed by atoms with E-state index in [1.807, 2.05) is 4.90 Å². The fourth-order valence-corrected chi connectivity index (χ4v) is 3.08. The fourth-order valence-electron chi connectivity index (χ4n) is 3.08. The second kappa shape index (κ2) is 11.6. The van der Waals surface area contributed by atoms with E-state index in [1.54, 1.807) is 13.2 Å². The monoisotopic (exact) mass is 409 g/mol. The average molecular weight is 410 g/mol. The van der Waals surface area contributed by atoms with E-state index in [0.717, 1.165) is 18.7 Å². The van der Waals surface area contributed by atoms with Crippen molar-refractivity contribution in [3.05, 3.63) is 29.6 Å². The van der Waals surface area contributed by atoms with Gasteiger partial charge in [-0.15, -0.1) is 24.8 Å². The van der Waals surface area contributed by atoms with Gasteiger partial charge in [0.25, 0.3) is 0 Å². The molecule has 0 spiro atoms. The minimum atomic E-state index is -0.417. The fraction of sp³-hybridized carbons (Fsp3) is 0.611. The predicted molar refractivity (Wildman–Crippen MR) is 107 cm³/mol. The highest BCUT2D eigenvalue weighted by Gasteiger charge is 2.26. The normalized spacial score (nSPS) is 15.8. The number of ether oxygens (including phenoxy) is 1. The highest BCUT2D eigenvalue weighted by atomic mass is 35.5. The molecule has 8 heteroatoms. The lowest BCUT2D eigenvalue weighted by atomic mass is 10.0. The van der Waals surface area contributed by atoms with E-state index in [9.17, 15) is 9.18 Å². The molecule has 0 radical (unpaired) electrons. The second-order valence-corrected chi connectivity index (χ2v) is 6.79. The molecule has 5 nitrogen and oxygen atoms in total. The van der Waals surface area contributed by atoms with Crippen LogP contribution in [0.25, 0.3) is 0 Å². The van der Waals surface area contributed by atoms with E-state index in [-0.39, 0.29) is 36.5 Å². The molecule has 0 aliphatic carbocycles. The van der Waals surface area contributed by atoms with E-state index in [2.05, 4.69) is 18.7 Å². The van der Waals surface area contributed by atoms with Gasteiger partial charge in [0, 0.05) is 38.3 Å². The maximum atomic E-state index is 13.5. The molecule has 1 aromatic carbocycles. The Kier molecular flexibility index (Phi) is 11.1. The van der Waals surface area contributed by atoms with Gasteiger partial charge in [0.05, 0.1) is 13.2 Å². The Bertz CT molecular complexity index is 567. The SMILES string of the molecule is COc1ccc(F)cc1CN1CCN(C(=O)[C@@H](N)CC(C)C)CC1.Cl.Cl. The quantitative estimate of drug-likeness (QED) is 0.784. The summed E-state index contributed by atoms with van der Waals surface area (Å²) in [4.78, 5) is 16.4. The van der Waals surface area contributed by atoms with Crippen LogP contribution in [0.5, 0.6) is 5.75 Å². The highest BCUT2D eigenvalue weighted by Crippen LogP contribution is 2.21. The number of nitrogens with two attached hydrogens (primary N) is 1. The molecular weight excluding hydrogens is 380 g/mol. The number of halogens is 3. The van der Waals surface area contributed by atoms with Gasteiger partial charge in [-0.1, -0.05) is 13.8 Å². The molecule has 0 saturated carbocycles. The van der Waals surface area contributed by atoms with Crippen LogP contribution in [-0.4, -0.2) is 55.0 Å². The number of piperazine rings is 1. The van der Waals surface area contributed by atoms with Gasteiger partial charge in [-0.05, 0) is 30.5 Å². The number of rotatable bonds is 6. The van der Waals surface area contributed by atoms with Crippen LogP contribution in [0.3, 0.4) is 0 Å². The van der Waals surface area contributed by atoms with Gasteiger partial charge >= 0.3 is 0 Å². The van der Waals surface area contributed by atoms with Gasteiger partial charge < -0.3 is 15.4 Å². The molecule has 2 N–H and O–H groups in total. The zero-order valence-corrected chi connectivity index (χ0v) is 17.2. The van der Waals surface area contributed by atoms with Gasteiger partial charge in [0.2, 0.25) is 5.91 Å². The van der Waals surface area contributed by atoms with E-state index >= 15 is 0 Å². The molecule has 1 aliphatic heterocycles. The summed E-state index contributed by atoms with van der Waals surface area (Å²) in [6.45, 7) is 7.56. The molecule has 1 atom stereocenters. The van der Waals surface area contributed by atoms with Crippen molar-refractivity contribution in [2.75, 3.05) is 33.3 Å². The van der Waals surface area contributed by atoms with Gasteiger partial charge in [0.15, 0.2) is 0 Å². The standard InChI is InChI=1S/C18H28FN3O2.2ClH/c1-13(2)10-16(20)18(23)22-8-6-21(7-9-22)12-14-11-15(19)4-5-17(14)24-3;;/h4-5,11,13,16H,6-10,12,20H2,1-3H3;2*1H/t16-;;/m0../s1. The molecule has 0 bridgehead atoms. The smallest absolute Gasteiger partial charge is 0.239 e. The Balaban J connectivity index is 0.00000312. The molecule has 1 fully saturated rings. The Morgan fingerprint density at radius 2 is 1.85 bits per heavy atom. The van der Waals surface area contributed by atoms with E-state index < -0.39 is 6.04 Å². The van der Waals surface area contributed by atoms with Crippen LogP contribution in [0.2, 0.25) is 0 Å². The first-order valence-corrected chi connectivity index (χ1v) is 8.50. The maximum absolute atomic E-state index is 13.5. The van der Waals surface area contributed by atoms with Crippen LogP contribution in [0.15, 0.2) is 18.2 Å². The van der Waals surface area contributed by atoms with Crippen molar-refractivity contribution in [2.45, 2.75) is 32.9 Å². The van der Waals surface area contributed by atoms with Crippen LogP contribution in [0.4, 0.5) is 4.39 Å².